The predicted octanol–water partition coefficient (Wildman–Crippen LogP) is 5.29. The molecule has 0 aromatic heterocycles. The number of benzene rings is 2. The van der Waals surface area contributed by atoms with Crippen LogP contribution in [0.15, 0.2) is 48.5 Å². The van der Waals surface area contributed by atoms with Crippen molar-refractivity contribution in [3.05, 3.63) is 65.2 Å². The third-order valence-corrected chi connectivity index (χ3v) is 6.85. The molecule has 3 aliphatic rings. The van der Waals surface area contributed by atoms with Gasteiger partial charge in [0.05, 0.1) is 12.1 Å². The van der Waals surface area contributed by atoms with E-state index in [1.54, 1.807) is 0 Å². The van der Waals surface area contributed by atoms with Crippen LogP contribution in [-0.4, -0.2) is 35.6 Å². The molecule has 2 aliphatic heterocycles. The maximum Gasteiger partial charge on any atom is 0.410 e. The number of hydrogen-bond acceptors (Lipinski definition) is 4. The quantitative estimate of drug-likeness (QED) is 0.668. The minimum atomic E-state index is -0.561. The first-order chi connectivity index (χ1) is 15.8. The molecule has 2 heterocycles. The van der Waals surface area contributed by atoms with Gasteiger partial charge >= 0.3 is 6.09 Å². The van der Waals surface area contributed by atoms with E-state index >= 15 is 0 Å². The number of anilines is 1. The molecule has 0 radical (unpaired) electrons. The molecule has 2 fully saturated rings. The highest BCUT2D eigenvalue weighted by molar-refractivity contribution is 5.95. The van der Waals surface area contributed by atoms with Crippen LogP contribution in [0.4, 0.5) is 10.5 Å². The van der Waals surface area contributed by atoms with Crippen LogP contribution in [0, 0.1) is 11.8 Å². The maximum absolute atomic E-state index is 13.2. The number of ether oxygens (including phenoxy) is 1. The Kier molecular flexibility index (Phi) is 5.55. The van der Waals surface area contributed by atoms with Gasteiger partial charge in [-0.05, 0) is 75.3 Å². The standard InChI is InChI=1S/C27H33N3O3/c1-27(2,3)33-26(32)30-14-13-20-23(18-7-5-4-6-8-18)29-22-12-11-19(15-21(22)24(20)30)25(31)28-16-17-9-10-17/h4-8,11-12,15,17,20,23-24,29H,9-10,13-14,16H2,1-3H3,(H,28,31). The number of rotatable bonds is 4. The Morgan fingerprint density at radius 1 is 1.09 bits per heavy atom. The molecule has 2 aromatic carbocycles. The number of amides is 2. The maximum atomic E-state index is 13.2. The first-order valence-electron chi connectivity index (χ1n) is 12.0. The average molecular weight is 448 g/mol. The van der Waals surface area contributed by atoms with Gasteiger partial charge in [0.2, 0.25) is 0 Å². The number of likely N-dealkylation sites (tertiary alicyclic amines) is 1. The van der Waals surface area contributed by atoms with E-state index in [4.69, 9.17) is 4.74 Å². The van der Waals surface area contributed by atoms with Crippen molar-refractivity contribution >= 4 is 17.7 Å². The van der Waals surface area contributed by atoms with E-state index in [0.717, 1.165) is 24.2 Å². The molecule has 33 heavy (non-hydrogen) atoms. The van der Waals surface area contributed by atoms with Gasteiger partial charge < -0.3 is 20.3 Å². The molecular weight excluding hydrogens is 414 g/mol. The Hall–Kier alpha value is -3.02. The predicted molar refractivity (Wildman–Crippen MR) is 128 cm³/mol. The lowest BCUT2D eigenvalue weighted by Crippen LogP contribution is -2.40. The molecule has 6 nitrogen and oxygen atoms in total. The Balaban J connectivity index is 1.49. The Labute approximate surface area is 195 Å². The van der Waals surface area contributed by atoms with Crippen molar-refractivity contribution < 1.29 is 14.3 Å². The molecule has 0 bridgehead atoms. The SMILES string of the molecule is CC(C)(C)OC(=O)N1CCC2C(c3ccccc3)Nc3ccc(C(=O)NCC4CC4)cc3C21. The van der Waals surface area contributed by atoms with Crippen molar-refractivity contribution in [1.29, 1.82) is 0 Å². The van der Waals surface area contributed by atoms with Crippen molar-refractivity contribution in [1.82, 2.24) is 10.2 Å². The van der Waals surface area contributed by atoms with Gasteiger partial charge in [-0.25, -0.2) is 4.79 Å². The number of nitrogens with zero attached hydrogens (tertiary/aromatic N) is 1. The fraction of sp³-hybridized carbons (Fsp3) is 0.481. The second-order valence-corrected chi connectivity index (χ2v) is 10.6. The van der Waals surface area contributed by atoms with Crippen LogP contribution in [0.1, 0.15) is 73.6 Å². The lowest BCUT2D eigenvalue weighted by atomic mass is 9.79. The molecule has 0 spiro atoms. The van der Waals surface area contributed by atoms with Gasteiger partial charge in [-0.1, -0.05) is 30.3 Å². The van der Waals surface area contributed by atoms with Crippen LogP contribution in [0.2, 0.25) is 0 Å². The van der Waals surface area contributed by atoms with Crippen molar-refractivity contribution in [3.63, 3.8) is 0 Å². The Morgan fingerprint density at radius 3 is 2.55 bits per heavy atom. The molecule has 3 unspecified atom stereocenters. The van der Waals surface area contributed by atoms with Crippen LogP contribution in [0.5, 0.6) is 0 Å². The zero-order valence-electron chi connectivity index (χ0n) is 19.6. The molecule has 1 saturated carbocycles. The summed E-state index contributed by atoms with van der Waals surface area (Å²) in [5, 5.41) is 6.77. The zero-order chi connectivity index (χ0) is 23.2. The molecule has 1 aliphatic carbocycles. The Morgan fingerprint density at radius 2 is 1.85 bits per heavy atom. The summed E-state index contributed by atoms with van der Waals surface area (Å²) in [6.07, 6.45) is 2.97. The van der Waals surface area contributed by atoms with Crippen molar-refractivity contribution in [2.24, 2.45) is 11.8 Å². The average Bonchev–Trinajstić information content (AvgIpc) is 3.51. The third-order valence-electron chi connectivity index (χ3n) is 6.85. The second kappa shape index (κ2) is 8.40. The summed E-state index contributed by atoms with van der Waals surface area (Å²) < 4.78 is 5.76. The summed E-state index contributed by atoms with van der Waals surface area (Å²) in [6.45, 7) is 7.05. The molecular formula is C27H33N3O3. The highest BCUT2D eigenvalue weighted by Crippen LogP contribution is 2.51. The number of hydrogen-bond donors (Lipinski definition) is 2. The molecule has 3 atom stereocenters. The monoisotopic (exact) mass is 447 g/mol. The van der Waals surface area contributed by atoms with E-state index in [2.05, 4.69) is 34.9 Å². The molecule has 2 aromatic rings. The molecule has 5 rings (SSSR count). The van der Waals surface area contributed by atoms with E-state index < -0.39 is 5.60 Å². The van der Waals surface area contributed by atoms with E-state index in [1.165, 1.54) is 18.4 Å². The van der Waals surface area contributed by atoms with Gasteiger partial charge in [-0.2, -0.15) is 0 Å². The van der Waals surface area contributed by atoms with Crippen molar-refractivity contribution in [3.8, 4) is 0 Å². The molecule has 6 heteroatoms. The van der Waals surface area contributed by atoms with Gasteiger partial charge in [0.15, 0.2) is 0 Å². The summed E-state index contributed by atoms with van der Waals surface area (Å²) in [6, 6.07) is 16.2. The largest absolute Gasteiger partial charge is 0.444 e. The molecule has 174 valence electrons. The van der Waals surface area contributed by atoms with E-state index in [9.17, 15) is 9.59 Å². The fourth-order valence-corrected chi connectivity index (χ4v) is 5.10. The summed E-state index contributed by atoms with van der Waals surface area (Å²) in [4.78, 5) is 27.8. The van der Waals surface area contributed by atoms with Crippen LogP contribution >= 0.6 is 0 Å². The first-order valence-corrected chi connectivity index (χ1v) is 12.0. The van der Waals surface area contributed by atoms with Crippen molar-refractivity contribution in [2.45, 2.75) is 57.7 Å². The van der Waals surface area contributed by atoms with Gasteiger partial charge in [0, 0.05) is 30.3 Å². The van der Waals surface area contributed by atoms with E-state index in [1.807, 2.05) is 49.9 Å². The number of fused-ring (bicyclic) bond motifs is 3. The highest BCUT2D eigenvalue weighted by Gasteiger charge is 2.47. The van der Waals surface area contributed by atoms with Gasteiger partial charge in [-0.3, -0.25) is 4.79 Å². The Bertz CT molecular complexity index is 1040. The number of nitrogens with one attached hydrogen (secondary N) is 2. The van der Waals surface area contributed by atoms with E-state index in [-0.39, 0.29) is 30.0 Å². The summed E-state index contributed by atoms with van der Waals surface area (Å²) >= 11 is 0. The van der Waals surface area contributed by atoms with Gasteiger partial charge in [0.25, 0.3) is 5.91 Å². The first kappa shape index (κ1) is 21.8. The minimum Gasteiger partial charge on any atom is -0.444 e. The summed E-state index contributed by atoms with van der Waals surface area (Å²) in [5.41, 5.74) is 3.25. The second-order valence-electron chi connectivity index (χ2n) is 10.6. The van der Waals surface area contributed by atoms with E-state index in [0.29, 0.717) is 18.0 Å². The van der Waals surface area contributed by atoms with Crippen LogP contribution in [-0.2, 0) is 4.74 Å². The normalized spacial score (nSPS) is 23.8. The number of carbonyl (C=O) groups excluding carboxylic acids is 2. The smallest absolute Gasteiger partial charge is 0.410 e. The lowest BCUT2D eigenvalue weighted by Gasteiger charge is -2.40. The fourth-order valence-electron chi connectivity index (χ4n) is 5.10. The van der Waals surface area contributed by atoms with Gasteiger partial charge in [0.1, 0.15) is 5.60 Å². The van der Waals surface area contributed by atoms with Gasteiger partial charge in [-0.15, -0.1) is 0 Å². The summed E-state index contributed by atoms with van der Waals surface area (Å²) in [7, 11) is 0. The number of carbonyl (C=O) groups is 2. The minimum absolute atomic E-state index is 0.0479. The molecule has 2 amide bonds. The summed E-state index contributed by atoms with van der Waals surface area (Å²) in [5.74, 6) is 0.771. The molecule has 1 saturated heterocycles. The van der Waals surface area contributed by atoms with Crippen LogP contribution in [0.3, 0.4) is 0 Å². The lowest BCUT2D eigenvalue weighted by molar-refractivity contribution is 0.0198. The van der Waals surface area contributed by atoms with Crippen molar-refractivity contribution in [2.75, 3.05) is 18.4 Å². The highest BCUT2D eigenvalue weighted by atomic mass is 16.6. The molecule has 2 N–H and O–H groups in total. The zero-order valence-corrected chi connectivity index (χ0v) is 19.6. The third kappa shape index (κ3) is 4.56. The topological polar surface area (TPSA) is 70.7 Å². The van der Waals surface area contributed by atoms with Crippen LogP contribution in [0.25, 0.3) is 0 Å². The van der Waals surface area contributed by atoms with Crippen LogP contribution < -0.4 is 10.6 Å².